The highest BCUT2D eigenvalue weighted by Gasteiger charge is 2.28. The number of methoxy groups -OCH3 is 1. The molecular weight excluding hydrogens is 234 g/mol. The molecule has 1 aliphatic carbocycles. The number of aliphatic hydroxyl groups excluding tert-OH is 1. The van der Waals surface area contributed by atoms with Crippen molar-refractivity contribution in [1.82, 2.24) is 4.72 Å². The minimum Gasteiger partial charge on any atom is -0.468 e. The van der Waals surface area contributed by atoms with Crippen LogP contribution < -0.4 is 4.72 Å². The van der Waals surface area contributed by atoms with Crippen molar-refractivity contribution in [2.45, 2.75) is 37.8 Å². The molecule has 94 valence electrons. The third kappa shape index (κ3) is 4.07. The fourth-order valence-electron chi connectivity index (χ4n) is 1.74. The molecule has 16 heavy (non-hydrogen) atoms. The molecule has 1 fully saturated rings. The van der Waals surface area contributed by atoms with Gasteiger partial charge in [-0.05, 0) is 12.8 Å². The molecule has 0 aromatic rings. The van der Waals surface area contributed by atoms with E-state index in [1.54, 1.807) is 0 Å². The van der Waals surface area contributed by atoms with Crippen LogP contribution in [0.2, 0.25) is 0 Å². The minimum atomic E-state index is -3.71. The zero-order valence-corrected chi connectivity index (χ0v) is 10.00. The molecule has 0 heterocycles. The Bertz CT molecular complexity index is 340. The number of ether oxygens (including phenoxy) is 1. The number of carbonyl (C=O) groups is 1. The molecule has 0 aliphatic heterocycles. The van der Waals surface area contributed by atoms with Gasteiger partial charge in [0.15, 0.2) is 5.75 Å². The molecule has 0 radical (unpaired) electrons. The Morgan fingerprint density at radius 3 is 2.62 bits per heavy atom. The molecule has 1 rings (SSSR count). The Balaban J connectivity index is 2.54. The standard InChI is InChI=1S/C9H17NO5S/c1-15-9(12)6-16(13,14)10-7-4-2-3-5-8(7)11/h7-8,10-11H,2-6H2,1H3. The number of sulfonamides is 1. The summed E-state index contributed by atoms with van der Waals surface area (Å²) in [5.74, 6) is -1.51. The van der Waals surface area contributed by atoms with Crippen LogP contribution in [0.15, 0.2) is 0 Å². The van der Waals surface area contributed by atoms with Gasteiger partial charge in [0.25, 0.3) is 0 Å². The third-order valence-corrected chi connectivity index (χ3v) is 3.87. The van der Waals surface area contributed by atoms with Gasteiger partial charge in [0.1, 0.15) is 0 Å². The van der Waals surface area contributed by atoms with E-state index in [-0.39, 0.29) is 0 Å². The van der Waals surface area contributed by atoms with E-state index in [1.165, 1.54) is 0 Å². The van der Waals surface area contributed by atoms with E-state index in [0.717, 1.165) is 20.0 Å². The monoisotopic (exact) mass is 251 g/mol. The van der Waals surface area contributed by atoms with E-state index in [2.05, 4.69) is 9.46 Å². The van der Waals surface area contributed by atoms with Gasteiger partial charge in [0.05, 0.1) is 13.2 Å². The first-order valence-corrected chi connectivity index (χ1v) is 6.85. The van der Waals surface area contributed by atoms with Crippen LogP contribution in [0.1, 0.15) is 25.7 Å². The molecule has 0 bridgehead atoms. The average Bonchev–Trinajstić information content (AvgIpc) is 2.20. The fourth-order valence-corrected chi connectivity index (χ4v) is 2.98. The van der Waals surface area contributed by atoms with Gasteiger partial charge in [-0.2, -0.15) is 0 Å². The highest BCUT2D eigenvalue weighted by molar-refractivity contribution is 7.90. The van der Waals surface area contributed by atoms with Crippen LogP contribution in [0, 0.1) is 0 Å². The van der Waals surface area contributed by atoms with E-state index >= 15 is 0 Å². The first-order valence-electron chi connectivity index (χ1n) is 5.19. The highest BCUT2D eigenvalue weighted by atomic mass is 32.2. The lowest BCUT2D eigenvalue weighted by atomic mass is 9.93. The van der Waals surface area contributed by atoms with Crippen molar-refractivity contribution < 1.29 is 23.1 Å². The topological polar surface area (TPSA) is 92.7 Å². The Labute approximate surface area is 95.0 Å². The number of hydrogen-bond acceptors (Lipinski definition) is 5. The third-order valence-electron chi connectivity index (χ3n) is 2.60. The van der Waals surface area contributed by atoms with Crippen molar-refractivity contribution in [2.24, 2.45) is 0 Å². The van der Waals surface area contributed by atoms with Crippen molar-refractivity contribution in [3.05, 3.63) is 0 Å². The summed E-state index contributed by atoms with van der Waals surface area (Å²) in [5.41, 5.74) is 0. The molecule has 7 heteroatoms. The lowest BCUT2D eigenvalue weighted by Crippen LogP contribution is -2.46. The molecule has 0 spiro atoms. The van der Waals surface area contributed by atoms with Crippen LogP contribution in [0.5, 0.6) is 0 Å². The predicted octanol–water partition coefficient (Wildman–Crippen LogP) is -0.618. The van der Waals surface area contributed by atoms with Crippen LogP contribution in [0.3, 0.4) is 0 Å². The summed E-state index contributed by atoms with van der Waals surface area (Å²) >= 11 is 0. The maximum Gasteiger partial charge on any atom is 0.322 e. The number of carbonyl (C=O) groups excluding carboxylic acids is 1. The van der Waals surface area contributed by atoms with Gasteiger partial charge < -0.3 is 9.84 Å². The normalized spacial score (nSPS) is 26.4. The zero-order chi connectivity index (χ0) is 12.2. The maximum absolute atomic E-state index is 11.5. The number of aliphatic hydroxyl groups is 1. The quantitative estimate of drug-likeness (QED) is 0.650. The highest BCUT2D eigenvalue weighted by Crippen LogP contribution is 2.18. The summed E-state index contributed by atoms with van der Waals surface area (Å²) in [6, 6.07) is -0.483. The maximum atomic E-state index is 11.5. The Hall–Kier alpha value is -0.660. The molecule has 0 amide bonds. The smallest absolute Gasteiger partial charge is 0.322 e. The lowest BCUT2D eigenvalue weighted by molar-refractivity contribution is -0.137. The molecule has 2 unspecified atom stereocenters. The number of nitrogens with one attached hydrogen (secondary N) is 1. The molecule has 2 atom stereocenters. The summed E-state index contributed by atoms with van der Waals surface area (Å²) in [4.78, 5) is 10.8. The van der Waals surface area contributed by atoms with Crippen molar-refractivity contribution >= 4 is 16.0 Å². The van der Waals surface area contributed by atoms with Gasteiger partial charge in [0, 0.05) is 6.04 Å². The summed E-state index contributed by atoms with van der Waals surface area (Å²) in [6.45, 7) is 0. The van der Waals surface area contributed by atoms with Gasteiger partial charge in [-0.3, -0.25) is 4.79 Å². The predicted molar refractivity (Wildman–Crippen MR) is 57.2 cm³/mol. The largest absolute Gasteiger partial charge is 0.468 e. The van der Waals surface area contributed by atoms with E-state index in [9.17, 15) is 18.3 Å². The Morgan fingerprint density at radius 1 is 1.44 bits per heavy atom. The Kier molecular flexibility index (Phi) is 4.69. The fraction of sp³-hybridized carbons (Fsp3) is 0.889. The average molecular weight is 251 g/mol. The summed E-state index contributed by atoms with van der Waals surface area (Å²) in [5, 5.41) is 9.58. The van der Waals surface area contributed by atoms with E-state index in [1.807, 2.05) is 0 Å². The molecular formula is C9H17NO5S. The molecule has 0 saturated heterocycles. The lowest BCUT2D eigenvalue weighted by Gasteiger charge is -2.27. The summed E-state index contributed by atoms with van der Waals surface area (Å²) < 4.78 is 29.6. The van der Waals surface area contributed by atoms with E-state index in [0.29, 0.717) is 12.8 Å². The molecule has 2 N–H and O–H groups in total. The van der Waals surface area contributed by atoms with Gasteiger partial charge >= 0.3 is 5.97 Å². The van der Waals surface area contributed by atoms with Crippen LogP contribution in [-0.4, -0.2) is 44.5 Å². The second-order valence-corrected chi connectivity index (χ2v) is 5.67. The van der Waals surface area contributed by atoms with Crippen LogP contribution in [0.4, 0.5) is 0 Å². The van der Waals surface area contributed by atoms with Crippen LogP contribution in [-0.2, 0) is 19.6 Å². The van der Waals surface area contributed by atoms with E-state index < -0.39 is 33.9 Å². The van der Waals surface area contributed by atoms with Crippen molar-refractivity contribution in [1.29, 1.82) is 0 Å². The number of esters is 1. The number of hydrogen-bond donors (Lipinski definition) is 2. The molecule has 0 aromatic heterocycles. The van der Waals surface area contributed by atoms with Crippen molar-refractivity contribution in [2.75, 3.05) is 12.9 Å². The molecule has 0 aromatic carbocycles. The van der Waals surface area contributed by atoms with Crippen molar-refractivity contribution in [3.8, 4) is 0 Å². The van der Waals surface area contributed by atoms with Gasteiger partial charge in [0.2, 0.25) is 10.0 Å². The van der Waals surface area contributed by atoms with Gasteiger partial charge in [-0.1, -0.05) is 12.8 Å². The van der Waals surface area contributed by atoms with Crippen molar-refractivity contribution in [3.63, 3.8) is 0 Å². The van der Waals surface area contributed by atoms with Gasteiger partial charge in [-0.25, -0.2) is 13.1 Å². The van der Waals surface area contributed by atoms with Crippen LogP contribution >= 0.6 is 0 Å². The second kappa shape index (κ2) is 5.60. The second-order valence-electron chi connectivity index (χ2n) is 3.91. The first kappa shape index (κ1) is 13.4. The Morgan fingerprint density at radius 2 is 2.06 bits per heavy atom. The zero-order valence-electron chi connectivity index (χ0n) is 9.18. The molecule has 6 nitrogen and oxygen atoms in total. The summed E-state index contributed by atoms with van der Waals surface area (Å²) in [7, 11) is -2.58. The van der Waals surface area contributed by atoms with Gasteiger partial charge in [-0.15, -0.1) is 0 Å². The first-order chi connectivity index (χ1) is 7.44. The SMILES string of the molecule is COC(=O)CS(=O)(=O)NC1CCCCC1O. The summed E-state index contributed by atoms with van der Waals surface area (Å²) in [6.07, 6.45) is 2.30. The number of rotatable bonds is 4. The molecule has 1 saturated carbocycles. The molecule has 1 aliphatic rings. The van der Waals surface area contributed by atoms with E-state index in [4.69, 9.17) is 0 Å². The van der Waals surface area contributed by atoms with Crippen LogP contribution in [0.25, 0.3) is 0 Å². The minimum absolute atomic E-state index is 0.483.